The molecule has 2 aromatic rings. The zero-order valence-corrected chi connectivity index (χ0v) is 12.8. The average molecular weight is 308 g/mol. The highest BCUT2D eigenvalue weighted by molar-refractivity contribution is 6.31. The minimum Gasteiger partial charge on any atom is -0.383 e. The van der Waals surface area contributed by atoms with Gasteiger partial charge in [0.1, 0.15) is 23.2 Å². The molecule has 0 aliphatic heterocycles. The maximum Gasteiger partial charge on any atom is 0.141 e. The molecule has 3 rings (SSSR count). The molecular formula is C16H19ClFN3. The highest BCUT2D eigenvalue weighted by Gasteiger charge is 2.23. The molecule has 3 nitrogen and oxygen atoms in total. The lowest BCUT2D eigenvalue weighted by Crippen LogP contribution is -2.11. The van der Waals surface area contributed by atoms with Crippen LogP contribution in [0.4, 0.5) is 10.2 Å². The van der Waals surface area contributed by atoms with Gasteiger partial charge in [-0.05, 0) is 31.0 Å². The fourth-order valence-electron chi connectivity index (χ4n) is 3.11. The molecule has 1 saturated carbocycles. The number of hydrogen-bond donors (Lipinski definition) is 1. The Morgan fingerprint density at radius 2 is 2.00 bits per heavy atom. The molecule has 1 aromatic carbocycles. The van der Waals surface area contributed by atoms with Gasteiger partial charge in [-0.2, -0.15) is 0 Å². The van der Waals surface area contributed by atoms with Crippen molar-refractivity contribution >= 4 is 17.4 Å². The summed E-state index contributed by atoms with van der Waals surface area (Å²) in [5.41, 5.74) is 7.65. The van der Waals surface area contributed by atoms with E-state index >= 15 is 0 Å². The van der Waals surface area contributed by atoms with Crippen LogP contribution in [0.1, 0.15) is 43.8 Å². The summed E-state index contributed by atoms with van der Waals surface area (Å²) in [5.74, 6) is 1.68. The zero-order chi connectivity index (χ0) is 15.0. The molecule has 0 radical (unpaired) electrons. The molecule has 0 bridgehead atoms. The second-order valence-electron chi connectivity index (χ2n) is 5.73. The Morgan fingerprint density at radius 3 is 2.67 bits per heavy atom. The van der Waals surface area contributed by atoms with Crippen molar-refractivity contribution in [3.63, 3.8) is 0 Å². The number of nitrogens with zero attached hydrogens (tertiary/aromatic N) is 2. The maximum absolute atomic E-state index is 13.3. The van der Waals surface area contributed by atoms with Gasteiger partial charge in [0.25, 0.3) is 0 Å². The van der Waals surface area contributed by atoms with Gasteiger partial charge in [0.05, 0.1) is 5.02 Å². The Hall–Kier alpha value is -1.55. The van der Waals surface area contributed by atoms with Gasteiger partial charge < -0.3 is 10.3 Å². The van der Waals surface area contributed by atoms with E-state index < -0.39 is 5.82 Å². The van der Waals surface area contributed by atoms with Gasteiger partial charge >= 0.3 is 0 Å². The van der Waals surface area contributed by atoms with Crippen LogP contribution in [-0.2, 0) is 7.05 Å². The largest absolute Gasteiger partial charge is 0.383 e. The number of aromatic nitrogens is 2. The monoisotopic (exact) mass is 307 g/mol. The summed E-state index contributed by atoms with van der Waals surface area (Å²) in [6.07, 6.45) is 6.11. The third-order valence-electron chi connectivity index (χ3n) is 4.34. The third-order valence-corrected chi connectivity index (χ3v) is 4.63. The SMILES string of the molecule is Cn1c(C2CCCCC2)nc(-c2ccc(F)c(Cl)c2)c1N. The zero-order valence-electron chi connectivity index (χ0n) is 12.1. The molecule has 0 unspecified atom stereocenters. The first-order valence-corrected chi connectivity index (χ1v) is 7.73. The molecule has 1 heterocycles. The van der Waals surface area contributed by atoms with Crippen LogP contribution in [0.5, 0.6) is 0 Å². The van der Waals surface area contributed by atoms with Crippen LogP contribution in [0, 0.1) is 5.82 Å². The van der Waals surface area contributed by atoms with E-state index in [2.05, 4.69) is 0 Å². The number of benzene rings is 1. The molecule has 0 saturated heterocycles. The topological polar surface area (TPSA) is 43.8 Å². The lowest BCUT2D eigenvalue weighted by molar-refractivity contribution is 0.422. The first-order chi connectivity index (χ1) is 10.1. The van der Waals surface area contributed by atoms with Crippen molar-refractivity contribution in [2.24, 2.45) is 7.05 Å². The van der Waals surface area contributed by atoms with Crippen molar-refractivity contribution < 1.29 is 4.39 Å². The normalized spacial score (nSPS) is 16.3. The number of nitrogens with two attached hydrogens (primary N) is 1. The summed E-state index contributed by atoms with van der Waals surface area (Å²) in [5, 5.41) is 0.0942. The van der Waals surface area contributed by atoms with Gasteiger partial charge in [-0.1, -0.05) is 30.9 Å². The molecule has 1 aliphatic carbocycles. The Kier molecular flexibility index (Phi) is 3.89. The fourth-order valence-corrected chi connectivity index (χ4v) is 3.29. The number of nitrogen functional groups attached to an aromatic ring is 1. The lowest BCUT2D eigenvalue weighted by atomic mass is 9.89. The molecule has 0 amide bonds. The summed E-state index contributed by atoms with van der Waals surface area (Å²) >= 11 is 5.86. The fraction of sp³-hybridized carbons (Fsp3) is 0.438. The number of anilines is 1. The van der Waals surface area contributed by atoms with Crippen LogP contribution in [0.3, 0.4) is 0 Å². The quantitative estimate of drug-likeness (QED) is 0.887. The summed E-state index contributed by atoms with van der Waals surface area (Å²) in [7, 11) is 1.95. The number of rotatable bonds is 2. The van der Waals surface area contributed by atoms with E-state index in [0.29, 0.717) is 17.4 Å². The molecule has 2 N–H and O–H groups in total. The van der Waals surface area contributed by atoms with Crippen LogP contribution in [0.2, 0.25) is 5.02 Å². The van der Waals surface area contributed by atoms with Crippen molar-refractivity contribution in [2.45, 2.75) is 38.0 Å². The van der Waals surface area contributed by atoms with Crippen molar-refractivity contribution in [3.8, 4) is 11.3 Å². The molecular weight excluding hydrogens is 289 g/mol. The summed E-state index contributed by atoms with van der Waals surface area (Å²) in [4.78, 5) is 4.73. The van der Waals surface area contributed by atoms with Crippen LogP contribution in [0.15, 0.2) is 18.2 Å². The van der Waals surface area contributed by atoms with E-state index in [1.54, 1.807) is 12.1 Å². The van der Waals surface area contributed by atoms with E-state index in [0.717, 1.165) is 24.2 Å². The second kappa shape index (κ2) is 5.68. The number of hydrogen-bond acceptors (Lipinski definition) is 2. The van der Waals surface area contributed by atoms with Crippen LogP contribution >= 0.6 is 11.6 Å². The smallest absolute Gasteiger partial charge is 0.141 e. The molecule has 1 aromatic heterocycles. The standard InChI is InChI=1S/C16H19ClFN3/c1-21-15(19)14(11-7-8-13(18)12(17)9-11)20-16(21)10-5-3-2-4-6-10/h7-10H,2-6,19H2,1H3. The molecule has 5 heteroatoms. The number of halogens is 2. The van der Waals surface area contributed by atoms with E-state index in [-0.39, 0.29) is 5.02 Å². The summed E-state index contributed by atoms with van der Waals surface area (Å²) < 4.78 is 15.3. The molecule has 21 heavy (non-hydrogen) atoms. The van der Waals surface area contributed by atoms with Crippen LogP contribution < -0.4 is 5.73 Å². The van der Waals surface area contributed by atoms with E-state index in [9.17, 15) is 4.39 Å². The third kappa shape index (κ3) is 2.64. The summed E-state index contributed by atoms with van der Waals surface area (Å²) in [6, 6.07) is 4.61. The first kappa shape index (κ1) is 14.4. The van der Waals surface area contributed by atoms with Gasteiger partial charge in [-0.15, -0.1) is 0 Å². The first-order valence-electron chi connectivity index (χ1n) is 7.35. The van der Waals surface area contributed by atoms with E-state index in [4.69, 9.17) is 22.3 Å². The highest BCUT2D eigenvalue weighted by Crippen LogP contribution is 2.36. The molecule has 0 atom stereocenters. The van der Waals surface area contributed by atoms with Gasteiger partial charge in [0.15, 0.2) is 0 Å². The van der Waals surface area contributed by atoms with Crippen molar-refractivity contribution in [3.05, 3.63) is 34.9 Å². The highest BCUT2D eigenvalue weighted by atomic mass is 35.5. The predicted molar refractivity (Wildman–Crippen MR) is 83.9 cm³/mol. The maximum atomic E-state index is 13.3. The van der Waals surface area contributed by atoms with Crippen molar-refractivity contribution in [1.29, 1.82) is 0 Å². The van der Waals surface area contributed by atoms with Crippen molar-refractivity contribution in [2.75, 3.05) is 5.73 Å². The predicted octanol–water partition coefficient (Wildman–Crippen LogP) is 4.51. The molecule has 0 spiro atoms. The minimum atomic E-state index is -0.428. The Balaban J connectivity index is 2.01. The molecule has 1 fully saturated rings. The Labute approximate surface area is 128 Å². The van der Waals surface area contributed by atoms with Gasteiger partial charge in [-0.3, -0.25) is 0 Å². The Bertz CT molecular complexity index is 660. The van der Waals surface area contributed by atoms with Gasteiger partial charge in [-0.25, -0.2) is 9.37 Å². The van der Waals surface area contributed by atoms with Crippen molar-refractivity contribution in [1.82, 2.24) is 9.55 Å². The summed E-state index contributed by atoms with van der Waals surface area (Å²) in [6.45, 7) is 0. The van der Waals surface area contributed by atoms with E-state index in [1.807, 2.05) is 11.6 Å². The minimum absolute atomic E-state index is 0.0942. The van der Waals surface area contributed by atoms with Gasteiger partial charge in [0, 0.05) is 18.5 Å². The average Bonchev–Trinajstić information content (AvgIpc) is 2.79. The van der Waals surface area contributed by atoms with Crippen LogP contribution in [0.25, 0.3) is 11.3 Å². The lowest BCUT2D eigenvalue weighted by Gasteiger charge is -2.21. The molecule has 1 aliphatic rings. The van der Waals surface area contributed by atoms with Crippen LogP contribution in [-0.4, -0.2) is 9.55 Å². The van der Waals surface area contributed by atoms with E-state index in [1.165, 1.54) is 25.3 Å². The second-order valence-corrected chi connectivity index (χ2v) is 6.13. The van der Waals surface area contributed by atoms with Gasteiger partial charge in [0.2, 0.25) is 0 Å². The Morgan fingerprint density at radius 1 is 1.29 bits per heavy atom. The number of imidazole rings is 1. The molecule has 112 valence electrons.